The van der Waals surface area contributed by atoms with E-state index in [1.165, 1.54) is 24.4 Å². The van der Waals surface area contributed by atoms with Crippen LogP contribution in [0.3, 0.4) is 0 Å². The summed E-state index contributed by atoms with van der Waals surface area (Å²) in [4.78, 5) is 30.9. The number of benzene rings is 2. The van der Waals surface area contributed by atoms with Crippen molar-refractivity contribution in [2.75, 3.05) is 4.90 Å². The van der Waals surface area contributed by atoms with Gasteiger partial charge in [0.25, 0.3) is 5.78 Å². The third-order valence-electron chi connectivity index (χ3n) is 4.59. The molecule has 2 aromatic carbocycles. The van der Waals surface area contributed by atoms with Gasteiger partial charge in [0.15, 0.2) is 0 Å². The number of aliphatic hydroxyl groups is 1. The van der Waals surface area contributed by atoms with E-state index < -0.39 is 23.5 Å². The molecule has 138 valence electrons. The third kappa shape index (κ3) is 2.85. The summed E-state index contributed by atoms with van der Waals surface area (Å²) in [6, 6.07) is 18.0. The minimum Gasteiger partial charge on any atom is -0.507 e. The molecule has 0 radical (unpaired) electrons. The average molecular weight is 374 g/mol. The van der Waals surface area contributed by atoms with Crippen molar-refractivity contribution in [2.24, 2.45) is 0 Å². The van der Waals surface area contributed by atoms with Crippen LogP contribution in [0.1, 0.15) is 17.2 Å². The summed E-state index contributed by atoms with van der Waals surface area (Å²) in [6.45, 7) is 0. The van der Waals surface area contributed by atoms with E-state index in [0.29, 0.717) is 5.56 Å². The first-order valence-corrected chi connectivity index (χ1v) is 8.61. The number of rotatable bonds is 3. The minimum atomic E-state index is -1.13. The van der Waals surface area contributed by atoms with E-state index in [9.17, 15) is 19.1 Å². The molecule has 0 aliphatic carbocycles. The Bertz CT molecular complexity index is 1080. The number of nitrogens with zero attached hydrogens (tertiary/aromatic N) is 2. The number of ketones is 1. The van der Waals surface area contributed by atoms with Gasteiger partial charge in [-0.1, -0.05) is 54.6 Å². The number of hydrogen-bond donors (Lipinski definition) is 1. The van der Waals surface area contributed by atoms with Crippen molar-refractivity contribution < 1.29 is 19.1 Å². The van der Waals surface area contributed by atoms with E-state index in [0.717, 1.165) is 4.90 Å². The topological polar surface area (TPSA) is 70.5 Å². The van der Waals surface area contributed by atoms with E-state index in [4.69, 9.17) is 0 Å². The highest BCUT2D eigenvalue weighted by molar-refractivity contribution is 6.51. The van der Waals surface area contributed by atoms with Gasteiger partial charge >= 0.3 is 5.91 Å². The lowest BCUT2D eigenvalue weighted by Crippen LogP contribution is -2.30. The smallest absolute Gasteiger partial charge is 0.301 e. The SMILES string of the molecule is O=C1C(=O)N(c2ccccn2)C(c2ccccc2F)C1=C(O)c1ccccc1. The van der Waals surface area contributed by atoms with Crippen molar-refractivity contribution in [1.29, 1.82) is 0 Å². The summed E-state index contributed by atoms with van der Waals surface area (Å²) in [5.41, 5.74) is 0.291. The van der Waals surface area contributed by atoms with Crippen LogP contribution in [-0.4, -0.2) is 21.8 Å². The van der Waals surface area contributed by atoms with Crippen LogP contribution < -0.4 is 4.90 Å². The number of anilines is 1. The molecule has 1 atom stereocenters. The molecule has 2 heterocycles. The predicted octanol–water partition coefficient (Wildman–Crippen LogP) is 3.85. The van der Waals surface area contributed by atoms with Gasteiger partial charge in [-0.25, -0.2) is 9.37 Å². The largest absolute Gasteiger partial charge is 0.507 e. The molecular formula is C22H15FN2O3. The van der Waals surface area contributed by atoms with Crippen LogP contribution in [0.5, 0.6) is 0 Å². The first kappa shape index (κ1) is 17.6. The normalized spacial score (nSPS) is 18.5. The molecule has 1 fully saturated rings. The third-order valence-corrected chi connectivity index (χ3v) is 4.59. The molecule has 6 heteroatoms. The maximum atomic E-state index is 14.7. The Morgan fingerprint density at radius 1 is 0.929 bits per heavy atom. The molecular weight excluding hydrogens is 359 g/mol. The second-order valence-corrected chi connectivity index (χ2v) is 6.24. The van der Waals surface area contributed by atoms with Gasteiger partial charge in [0.1, 0.15) is 17.4 Å². The summed E-state index contributed by atoms with van der Waals surface area (Å²) in [6.07, 6.45) is 1.48. The fourth-order valence-electron chi connectivity index (χ4n) is 3.31. The summed E-state index contributed by atoms with van der Waals surface area (Å²) in [7, 11) is 0. The van der Waals surface area contributed by atoms with Crippen molar-refractivity contribution in [3.8, 4) is 0 Å². The number of aliphatic hydroxyl groups excluding tert-OH is 1. The predicted molar refractivity (Wildman–Crippen MR) is 102 cm³/mol. The Morgan fingerprint density at radius 3 is 2.29 bits per heavy atom. The quantitative estimate of drug-likeness (QED) is 0.430. The van der Waals surface area contributed by atoms with Crippen molar-refractivity contribution >= 4 is 23.3 Å². The van der Waals surface area contributed by atoms with Crippen molar-refractivity contribution in [2.45, 2.75) is 6.04 Å². The number of carbonyl (C=O) groups is 2. The zero-order valence-electron chi connectivity index (χ0n) is 14.6. The molecule has 4 rings (SSSR count). The Labute approximate surface area is 160 Å². The lowest BCUT2D eigenvalue weighted by Gasteiger charge is -2.24. The van der Waals surface area contributed by atoms with E-state index in [-0.39, 0.29) is 22.7 Å². The van der Waals surface area contributed by atoms with Crippen LogP contribution in [0.25, 0.3) is 5.76 Å². The van der Waals surface area contributed by atoms with Crippen LogP contribution in [0, 0.1) is 5.82 Å². The molecule has 1 unspecified atom stereocenters. The Balaban J connectivity index is 1.98. The van der Waals surface area contributed by atoms with E-state index >= 15 is 0 Å². The van der Waals surface area contributed by atoms with E-state index in [1.807, 2.05) is 0 Å². The molecule has 1 aliphatic heterocycles. The fraction of sp³-hybridized carbons (Fsp3) is 0.0455. The molecule has 1 aliphatic rings. The zero-order chi connectivity index (χ0) is 19.7. The van der Waals surface area contributed by atoms with E-state index in [2.05, 4.69) is 4.98 Å². The van der Waals surface area contributed by atoms with Crippen LogP contribution in [-0.2, 0) is 9.59 Å². The lowest BCUT2D eigenvalue weighted by molar-refractivity contribution is -0.132. The average Bonchev–Trinajstić information content (AvgIpc) is 3.00. The van der Waals surface area contributed by atoms with Gasteiger partial charge in [0, 0.05) is 17.3 Å². The second-order valence-electron chi connectivity index (χ2n) is 6.24. The molecule has 3 aromatic rings. The number of aromatic nitrogens is 1. The maximum Gasteiger partial charge on any atom is 0.301 e. The Morgan fingerprint density at radius 2 is 1.61 bits per heavy atom. The number of carbonyl (C=O) groups excluding carboxylic acids is 2. The maximum absolute atomic E-state index is 14.7. The van der Waals surface area contributed by atoms with Crippen LogP contribution in [0.15, 0.2) is 84.6 Å². The minimum absolute atomic E-state index is 0.102. The van der Waals surface area contributed by atoms with Crippen molar-refractivity contribution in [3.05, 3.63) is 102 Å². The fourth-order valence-corrected chi connectivity index (χ4v) is 3.31. The number of Topliss-reactive ketones (excluding diaryl/α,β-unsaturated/α-hetero) is 1. The summed E-state index contributed by atoms with van der Waals surface area (Å²) in [5.74, 6) is -2.51. The van der Waals surface area contributed by atoms with Crippen LogP contribution in [0.2, 0.25) is 0 Å². The highest BCUT2D eigenvalue weighted by atomic mass is 19.1. The second kappa shape index (κ2) is 7.08. The molecule has 0 bridgehead atoms. The first-order valence-electron chi connectivity index (χ1n) is 8.61. The van der Waals surface area contributed by atoms with Crippen LogP contribution >= 0.6 is 0 Å². The van der Waals surface area contributed by atoms with Gasteiger partial charge in [-0.3, -0.25) is 14.5 Å². The number of amides is 1. The number of pyridine rings is 1. The Kier molecular flexibility index (Phi) is 4.45. The molecule has 0 spiro atoms. The molecule has 28 heavy (non-hydrogen) atoms. The highest BCUT2D eigenvalue weighted by Gasteiger charge is 2.48. The molecule has 5 nitrogen and oxygen atoms in total. The van der Waals surface area contributed by atoms with Gasteiger partial charge in [-0.2, -0.15) is 0 Å². The van der Waals surface area contributed by atoms with Crippen molar-refractivity contribution in [3.63, 3.8) is 0 Å². The van der Waals surface area contributed by atoms with Gasteiger partial charge in [0.05, 0.1) is 11.6 Å². The summed E-state index contributed by atoms with van der Waals surface area (Å²) in [5, 5.41) is 10.8. The standard InChI is InChI=1S/C22H15FN2O3/c23-16-11-5-4-10-15(16)19-18(20(26)14-8-2-1-3-9-14)21(27)22(28)25(19)17-12-6-7-13-24-17/h1-13,19,26H. The molecule has 1 aromatic heterocycles. The lowest BCUT2D eigenvalue weighted by atomic mass is 9.95. The zero-order valence-corrected chi connectivity index (χ0v) is 14.6. The summed E-state index contributed by atoms with van der Waals surface area (Å²) >= 11 is 0. The molecule has 1 amide bonds. The summed E-state index contributed by atoms with van der Waals surface area (Å²) < 4.78 is 14.7. The molecule has 1 saturated heterocycles. The van der Waals surface area contributed by atoms with Gasteiger partial charge in [-0.15, -0.1) is 0 Å². The van der Waals surface area contributed by atoms with E-state index in [1.54, 1.807) is 54.6 Å². The van der Waals surface area contributed by atoms with Gasteiger partial charge in [0.2, 0.25) is 0 Å². The van der Waals surface area contributed by atoms with Gasteiger partial charge < -0.3 is 5.11 Å². The number of halogens is 1. The highest BCUT2D eigenvalue weighted by Crippen LogP contribution is 2.42. The first-order chi connectivity index (χ1) is 13.6. The van der Waals surface area contributed by atoms with Crippen LogP contribution in [0.4, 0.5) is 10.2 Å². The van der Waals surface area contributed by atoms with Gasteiger partial charge in [-0.05, 0) is 18.2 Å². The van der Waals surface area contributed by atoms with Crippen molar-refractivity contribution in [1.82, 2.24) is 4.98 Å². The monoisotopic (exact) mass is 374 g/mol. The molecule has 0 saturated carbocycles. The Hall–Kier alpha value is -3.80. The molecule has 1 N–H and O–H groups in total. The number of hydrogen-bond acceptors (Lipinski definition) is 4.